The molecule has 2 heterocycles. The highest BCUT2D eigenvalue weighted by atomic mass is 35.5. The average molecular weight is 378 g/mol. The zero-order valence-electron chi connectivity index (χ0n) is 14.6. The first kappa shape index (κ1) is 17.2. The lowest BCUT2D eigenvalue weighted by Crippen LogP contribution is -2.12. The first-order valence-electron chi connectivity index (χ1n) is 8.56. The Bertz CT molecular complexity index is 1140. The van der Waals surface area contributed by atoms with E-state index < -0.39 is 0 Å². The van der Waals surface area contributed by atoms with E-state index in [0.717, 1.165) is 23.1 Å². The van der Waals surface area contributed by atoms with Crippen molar-refractivity contribution in [2.24, 2.45) is 0 Å². The molecule has 0 unspecified atom stereocenters. The summed E-state index contributed by atoms with van der Waals surface area (Å²) in [7, 11) is 0. The quantitative estimate of drug-likeness (QED) is 0.486. The monoisotopic (exact) mass is 377 g/mol. The van der Waals surface area contributed by atoms with Crippen LogP contribution in [-0.2, 0) is 6.42 Å². The van der Waals surface area contributed by atoms with Crippen molar-refractivity contribution in [2.75, 3.05) is 5.32 Å². The molecule has 2 aromatic carbocycles. The molecule has 0 bridgehead atoms. The molecule has 1 amide bonds. The van der Waals surface area contributed by atoms with E-state index in [1.807, 2.05) is 36.4 Å². The number of hydrogen-bond donors (Lipinski definition) is 1. The SMILES string of the molecule is CCc1ccc2oc(-c3cccc(NC(=O)c4cccnc4Cl)c3)nc2c1. The number of amides is 1. The van der Waals surface area contributed by atoms with Crippen LogP contribution in [0.4, 0.5) is 5.69 Å². The second-order valence-electron chi connectivity index (χ2n) is 6.05. The fourth-order valence-electron chi connectivity index (χ4n) is 2.80. The van der Waals surface area contributed by atoms with Crippen molar-refractivity contribution in [2.45, 2.75) is 13.3 Å². The van der Waals surface area contributed by atoms with Crippen molar-refractivity contribution in [3.05, 3.63) is 77.1 Å². The Labute approximate surface area is 161 Å². The van der Waals surface area contributed by atoms with Crippen LogP contribution in [0.25, 0.3) is 22.6 Å². The summed E-state index contributed by atoms with van der Waals surface area (Å²) in [6, 6.07) is 16.6. The fourth-order valence-corrected chi connectivity index (χ4v) is 3.01. The Hall–Kier alpha value is -3.18. The number of nitrogens with one attached hydrogen (secondary N) is 1. The fraction of sp³-hybridized carbons (Fsp3) is 0.0952. The number of fused-ring (bicyclic) bond motifs is 1. The number of rotatable bonds is 4. The summed E-state index contributed by atoms with van der Waals surface area (Å²) >= 11 is 5.99. The van der Waals surface area contributed by atoms with Crippen LogP contribution in [0.1, 0.15) is 22.8 Å². The molecule has 0 saturated heterocycles. The molecule has 4 aromatic rings. The third-order valence-electron chi connectivity index (χ3n) is 4.23. The number of hydrogen-bond acceptors (Lipinski definition) is 4. The molecule has 27 heavy (non-hydrogen) atoms. The van der Waals surface area contributed by atoms with Crippen molar-refractivity contribution in [3.8, 4) is 11.5 Å². The molecular weight excluding hydrogens is 362 g/mol. The van der Waals surface area contributed by atoms with E-state index in [1.165, 1.54) is 11.8 Å². The van der Waals surface area contributed by atoms with Crippen LogP contribution < -0.4 is 5.32 Å². The molecule has 0 aliphatic rings. The molecule has 0 saturated carbocycles. The molecule has 0 fully saturated rings. The van der Waals surface area contributed by atoms with Crippen LogP contribution >= 0.6 is 11.6 Å². The highest BCUT2D eigenvalue weighted by molar-refractivity contribution is 6.33. The Morgan fingerprint density at radius 1 is 1.15 bits per heavy atom. The molecule has 0 radical (unpaired) electrons. The van der Waals surface area contributed by atoms with Gasteiger partial charge in [0.1, 0.15) is 10.7 Å². The number of oxazole rings is 1. The van der Waals surface area contributed by atoms with Crippen LogP contribution in [-0.4, -0.2) is 15.9 Å². The number of pyridine rings is 1. The zero-order valence-corrected chi connectivity index (χ0v) is 15.3. The minimum absolute atomic E-state index is 0.164. The van der Waals surface area contributed by atoms with Crippen molar-refractivity contribution < 1.29 is 9.21 Å². The van der Waals surface area contributed by atoms with Crippen LogP contribution in [0.15, 0.2) is 65.2 Å². The van der Waals surface area contributed by atoms with E-state index in [-0.39, 0.29) is 11.1 Å². The minimum atomic E-state index is -0.324. The lowest BCUT2D eigenvalue weighted by molar-refractivity contribution is 0.102. The predicted octanol–water partition coefficient (Wildman–Crippen LogP) is 5.36. The molecule has 4 rings (SSSR count). The van der Waals surface area contributed by atoms with Crippen molar-refractivity contribution in [1.29, 1.82) is 0 Å². The molecule has 0 atom stereocenters. The second kappa shape index (κ2) is 7.21. The first-order chi connectivity index (χ1) is 13.1. The summed E-state index contributed by atoms with van der Waals surface area (Å²) in [6.07, 6.45) is 2.48. The van der Waals surface area contributed by atoms with Gasteiger partial charge in [-0.25, -0.2) is 9.97 Å². The number of benzene rings is 2. The predicted molar refractivity (Wildman–Crippen MR) is 106 cm³/mol. The largest absolute Gasteiger partial charge is 0.436 e. The number of halogens is 1. The van der Waals surface area contributed by atoms with Gasteiger partial charge < -0.3 is 9.73 Å². The summed E-state index contributed by atoms with van der Waals surface area (Å²) in [5.74, 6) is 0.184. The lowest BCUT2D eigenvalue weighted by Gasteiger charge is -2.07. The maximum absolute atomic E-state index is 12.4. The molecule has 5 nitrogen and oxygen atoms in total. The summed E-state index contributed by atoms with van der Waals surface area (Å²) in [4.78, 5) is 20.9. The number of aryl methyl sites for hydroxylation is 1. The van der Waals surface area contributed by atoms with E-state index in [9.17, 15) is 4.79 Å². The van der Waals surface area contributed by atoms with Crippen LogP contribution in [0.2, 0.25) is 5.15 Å². The normalized spacial score (nSPS) is 10.9. The topological polar surface area (TPSA) is 68.0 Å². The van der Waals surface area contributed by atoms with Crippen LogP contribution in [0.3, 0.4) is 0 Å². The lowest BCUT2D eigenvalue weighted by atomic mass is 10.1. The Balaban J connectivity index is 1.63. The zero-order chi connectivity index (χ0) is 18.8. The van der Waals surface area contributed by atoms with Crippen LogP contribution in [0.5, 0.6) is 0 Å². The summed E-state index contributed by atoms with van der Waals surface area (Å²) < 4.78 is 5.86. The molecule has 0 spiro atoms. The van der Waals surface area contributed by atoms with E-state index in [1.54, 1.807) is 18.2 Å². The van der Waals surface area contributed by atoms with Gasteiger partial charge in [-0.3, -0.25) is 4.79 Å². The summed E-state index contributed by atoms with van der Waals surface area (Å²) in [6.45, 7) is 2.10. The average Bonchev–Trinajstić information content (AvgIpc) is 3.11. The van der Waals surface area contributed by atoms with E-state index in [4.69, 9.17) is 16.0 Å². The highest BCUT2D eigenvalue weighted by Gasteiger charge is 2.13. The number of nitrogens with zero attached hydrogens (tertiary/aromatic N) is 2. The van der Waals surface area contributed by atoms with Gasteiger partial charge in [-0.1, -0.05) is 30.7 Å². The molecule has 134 valence electrons. The molecule has 6 heteroatoms. The number of aromatic nitrogens is 2. The molecule has 0 aliphatic heterocycles. The maximum Gasteiger partial charge on any atom is 0.258 e. The van der Waals surface area contributed by atoms with Crippen molar-refractivity contribution in [3.63, 3.8) is 0 Å². The van der Waals surface area contributed by atoms with Crippen molar-refractivity contribution >= 4 is 34.3 Å². The Kier molecular flexibility index (Phi) is 4.60. The molecule has 0 aliphatic carbocycles. The van der Waals surface area contributed by atoms with E-state index in [2.05, 4.69) is 22.2 Å². The smallest absolute Gasteiger partial charge is 0.258 e. The highest BCUT2D eigenvalue weighted by Crippen LogP contribution is 2.27. The van der Waals surface area contributed by atoms with Gasteiger partial charge in [-0.05, 0) is 54.4 Å². The van der Waals surface area contributed by atoms with Crippen LogP contribution in [0, 0.1) is 0 Å². The van der Waals surface area contributed by atoms with Gasteiger partial charge in [0.2, 0.25) is 5.89 Å². The van der Waals surface area contributed by atoms with Gasteiger partial charge in [0, 0.05) is 17.4 Å². The Morgan fingerprint density at radius 3 is 2.85 bits per heavy atom. The second-order valence-corrected chi connectivity index (χ2v) is 6.41. The first-order valence-corrected chi connectivity index (χ1v) is 8.93. The van der Waals surface area contributed by atoms with Gasteiger partial charge in [0.25, 0.3) is 5.91 Å². The number of anilines is 1. The van der Waals surface area contributed by atoms with E-state index in [0.29, 0.717) is 17.1 Å². The van der Waals surface area contributed by atoms with Gasteiger partial charge in [0.05, 0.1) is 5.56 Å². The maximum atomic E-state index is 12.4. The summed E-state index contributed by atoms with van der Waals surface area (Å²) in [5, 5.41) is 2.99. The minimum Gasteiger partial charge on any atom is -0.436 e. The van der Waals surface area contributed by atoms with Gasteiger partial charge >= 0.3 is 0 Å². The van der Waals surface area contributed by atoms with Gasteiger partial charge in [-0.15, -0.1) is 0 Å². The third kappa shape index (κ3) is 3.55. The standard InChI is InChI=1S/C21H16ClN3O2/c1-2-13-8-9-18-17(11-13)25-21(27-18)14-5-3-6-15(12-14)24-20(26)16-7-4-10-23-19(16)22/h3-12H,2H2,1H3,(H,24,26). The molecule has 1 N–H and O–H groups in total. The van der Waals surface area contributed by atoms with Gasteiger partial charge in [-0.2, -0.15) is 0 Å². The number of carbonyl (C=O) groups is 1. The Morgan fingerprint density at radius 2 is 2.04 bits per heavy atom. The van der Waals surface area contributed by atoms with Gasteiger partial charge in [0.15, 0.2) is 5.58 Å². The number of carbonyl (C=O) groups excluding carboxylic acids is 1. The van der Waals surface area contributed by atoms with E-state index >= 15 is 0 Å². The third-order valence-corrected chi connectivity index (χ3v) is 4.53. The van der Waals surface area contributed by atoms with Crippen molar-refractivity contribution in [1.82, 2.24) is 9.97 Å². The molecule has 2 aromatic heterocycles. The molecular formula is C21H16ClN3O2. The summed E-state index contributed by atoms with van der Waals surface area (Å²) in [5.41, 5.74) is 4.48.